The first-order chi connectivity index (χ1) is 37.7. The summed E-state index contributed by atoms with van der Waals surface area (Å²) in [5.41, 5.74) is 9.71. The lowest BCUT2D eigenvalue weighted by Gasteiger charge is -2.37. The first-order valence-corrected chi connectivity index (χ1v) is 31.4. The van der Waals surface area contributed by atoms with Crippen LogP contribution in [0.4, 0.5) is 0 Å². The Morgan fingerprint density at radius 2 is 1.35 bits per heavy atom. The lowest BCUT2D eigenvalue weighted by Crippen LogP contribution is -2.55. The average molecular weight is 1120 g/mol. The van der Waals surface area contributed by atoms with Crippen molar-refractivity contribution < 1.29 is 37.4 Å². The third-order valence-corrected chi connectivity index (χ3v) is 21.6. The van der Waals surface area contributed by atoms with Crippen molar-refractivity contribution in [3.05, 3.63) is 87.7 Å². The fourth-order valence-corrected chi connectivity index (χ4v) is 17.2. The molecular formula is C65H90N6O8S. The molecule has 15 heteroatoms. The molecule has 4 fully saturated rings. The van der Waals surface area contributed by atoms with Gasteiger partial charge in [0.1, 0.15) is 12.4 Å². The molecule has 14 nitrogen and oxygen atoms in total. The van der Waals surface area contributed by atoms with Crippen molar-refractivity contribution in [3.8, 4) is 28.3 Å². The third-order valence-electron chi connectivity index (χ3n) is 19.2. The molecule has 5 heterocycles. The lowest BCUT2D eigenvalue weighted by molar-refractivity contribution is -0.125. The first kappa shape index (κ1) is 58.0. The van der Waals surface area contributed by atoms with Gasteiger partial charge in [0.15, 0.2) is 0 Å². The number of aliphatic hydroxyl groups is 1. The van der Waals surface area contributed by atoms with Gasteiger partial charge in [-0.15, -0.1) is 0 Å². The Bertz CT molecular complexity index is 3170. The van der Waals surface area contributed by atoms with E-state index in [0.717, 1.165) is 84.9 Å². The number of nitrogens with zero attached hydrogens (tertiary/aromatic N) is 3. The molecule has 434 valence electrons. The van der Waals surface area contributed by atoms with Crippen LogP contribution in [0.2, 0.25) is 0 Å². The van der Waals surface area contributed by atoms with Gasteiger partial charge in [0.25, 0.3) is 11.8 Å². The summed E-state index contributed by atoms with van der Waals surface area (Å²) in [6, 6.07) is 12.4. The first-order valence-electron chi connectivity index (χ1n) is 30.0. The zero-order chi connectivity index (χ0) is 57.4. The minimum atomic E-state index is -3.83. The van der Waals surface area contributed by atoms with Gasteiger partial charge in [0, 0.05) is 65.0 Å². The van der Waals surface area contributed by atoms with E-state index in [2.05, 4.69) is 77.6 Å². The second-order valence-corrected chi connectivity index (χ2v) is 28.9. The molecule has 4 N–H and O–H groups in total. The van der Waals surface area contributed by atoms with E-state index in [1.165, 1.54) is 56.1 Å². The smallest absolute Gasteiger partial charge is 0.253 e. The van der Waals surface area contributed by atoms with Crippen molar-refractivity contribution >= 4 is 33.3 Å². The van der Waals surface area contributed by atoms with Crippen LogP contribution in [-0.2, 0) is 49.0 Å². The molecule has 4 aromatic rings. The number of sulfonamides is 1. The molecule has 1 unspecified atom stereocenters. The van der Waals surface area contributed by atoms with Crippen molar-refractivity contribution in [2.75, 3.05) is 33.0 Å². The number of amides is 3. The van der Waals surface area contributed by atoms with E-state index >= 15 is 0 Å². The second-order valence-electron chi connectivity index (χ2n) is 27.2. The van der Waals surface area contributed by atoms with Gasteiger partial charge in [-0.05, 0) is 194 Å². The van der Waals surface area contributed by atoms with Gasteiger partial charge in [-0.2, -0.15) is 4.31 Å². The Balaban J connectivity index is 0.892. The molecule has 80 heavy (non-hydrogen) atoms. The number of allylic oxidation sites excluding steroid dienone is 1. The molecule has 10 rings (SSSR count). The van der Waals surface area contributed by atoms with Crippen molar-refractivity contribution in [1.82, 2.24) is 29.4 Å². The minimum Gasteiger partial charge on any atom is -0.493 e. The van der Waals surface area contributed by atoms with Gasteiger partial charge in [0.2, 0.25) is 15.9 Å². The van der Waals surface area contributed by atoms with Crippen LogP contribution in [0.15, 0.2) is 47.9 Å². The van der Waals surface area contributed by atoms with E-state index in [4.69, 9.17) is 9.47 Å². The van der Waals surface area contributed by atoms with Crippen LogP contribution in [0.3, 0.4) is 0 Å². The highest BCUT2D eigenvalue weighted by atomic mass is 32.2. The number of nitrogens with one attached hydrogen (secondary N) is 3. The fourth-order valence-electron chi connectivity index (χ4n) is 14.6. The van der Waals surface area contributed by atoms with Gasteiger partial charge >= 0.3 is 0 Å². The molecule has 3 amide bonds. The van der Waals surface area contributed by atoms with Crippen molar-refractivity contribution in [2.24, 2.45) is 17.8 Å². The third kappa shape index (κ3) is 11.0. The van der Waals surface area contributed by atoms with E-state index in [-0.39, 0.29) is 53.1 Å². The number of ether oxygens (including phenoxy) is 2. The quantitative estimate of drug-likeness (QED) is 0.0809. The van der Waals surface area contributed by atoms with Gasteiger partial charge < -0.3 is 39.7 Å². The highest BCUT2D eigenvalue weighted by molar-refractivity contribution is 7.89. The predicted octanol–water partition coefficient (Wildman–Crippen LogP) is 11.2. The summed E-state index contributed by atoms with van der Waals surface area (Å²) < 4.78 is 46.7. The van der Waals surface area contributed by atoms with E-state index in [1.807, 2.05) is 66.7 Å². The molecule has 0 bridgehead atoms. The normalized spacial score (nSPS) is 22.2. The number of hydrogen-bond acceptors (Lipinski definition) is 8. The Morgan fingerprint density at radius 3 is 1.90 bits per heavy atom. The van der Waals surface area contributed by atoms with Gasteiger partial charge in [-0.3, -0.25) is 14.4 Å². The van der Waals surface area contributed by atoms with E-state index < -0.39 is 33.6 Å². The van der Waals surface area contributed by atoms with Crippen LogP contribution in [0, 0.1) is 31.6 Å². The number of aromatic nitrogens is 2. The highest BCUT2D eigenvalue weighted by Gasteiger charge is 2.52. The van der Waals surface area contributed by atoms with Crippen molar-refractivity contribution in [1.29, 1.82) is 0 Å². The van der Waals surface area contributed by atoms with Crippen LogP contribution in [0.5, 0.6) is 5.75 Å². The van der Waals surface area contributed by atoms with Crippen molar-refractivity contribution in [2.45, 2.75) is 212 Å². The SMILES string of the molecule is C=C(C)c1cc(-c2cc(C(=O)NC3COC3)c(C)n2CC2CCC(CC(C)(CNC(=O)c3cc(-c4cc(C(C)(C)C)c5c(c4)C4(CCO5)CC4)n(CC4CCCCC4)c3C)NC(=O)CO)CC2)cc2c1S(=O)(=O)N(C(C)C)C2(C)C. The summed E-state index contributed by atoms with van der Waals surface area (Å²) in [5.74, 6) is 1.26. The molecule has 3 aliphatic heterocycles. The van der Waals surface area contributed by atoms with Gasteiger partial charge in [-0.1, -0.05) is 59.5 Å². The summed E-state index contributed by atoms with van der Waals surface area (Å²) >= 11 is 0. The van der Waals surface area contributed by atoms with Gasteiger partial charge in [0.05, 0.1) is 53.0 Å². The fraction of sp³-hybridized carbons (Fsp3) is 0.615. The predicted molar refractivity (Wildman–Crippen MR) is 316 cm³/mol. The second kappa shape index (κ2) is 21.8. The molecule has 2 aromatic heterocycles. The number of rotatable bonds is 17. The summed E-state index contributed by atoms with van der Waals surface area (Å²) in [6.07, 6.45) is 13.7. The standard InChI is InChI=1S/C65H90N6O8S/c1-39(2)49-26-46(29-54-59(49)80(76,77)71(40(3)4)63(54,10)11)55-31-51(61(75)67-48-36-78-37-48)42(6)70(55)34-45-20-18-43(19-21-45)32-64(12,68-57(73)35-72)38-66-60(74)50-30-56(69(41(50)5)33-44-16-14-13-15-17-44)47-27-52(62(7,8)9)58-53(28-47)65(22-23-65)24-25-79-58/h26-31,40,43-45,48,72H,1,13-25,32-38H2,2-12H3,(H,66,74)(H,67,75)(H,68,73). The van der Waals surface area contributed by atoms with Crippen LogP contribution >= 0.6 is 0 Å². The zero-order valence-corrected chi connectivity index (χ0v) is 50.6. The van der Waals surface area contributed by atoms with Crippen LogP contribution in [-0.4, -0.2) is 95.3 Å². The average Bonchev–Trinajstić information content (AvgIpc) is 4.08. The Morgan fingerprint density at radius 1 is 0.775 bits per heavy atom. The molecule has 0 radical (unpaired) electrons. The monoisotopic (exact) mass is 1110 g/mol. The Kier molecular flexibility index (Phi) is 15.8. The molecule has 3 aliphatic carbocycles. The summed E-state index contributed by atoms with van der Waals surface area (Å²) in [4.78, 5) is 42.2. The number of hydrogen-bond donors (Lipinski definition) is 4. The van der Waals surface area contributed by atoms with E-state index in [1.54, 1.807) is 4.31 Å². The number of fused-ring (bicyclic) bond motifs is 3. The lowest BCUT2D eigenvalue weighted by atomic mass is 9.76. The topological polar surface area (TPSA) is 173 Å². The Labute approximate surface area is 476 Å². The maximum absolute atomic E-state index is 14.7. The van der Waals surface area contributed by atoms with Crippen LogP contribution in [0.25, 0.3) is 28.1 Å². The van der Waals surface area contributed by atoms with E-state index in [0.29, 0.717) is 64.8 Å². The van der Waals surface area contributed by atoms with Crippen LogP contribution in [0.1, 0.15) is 200 Å². The molecule has 6 aliphatic rings. The Hall–Kier alpha value is -5.22. The number of carbonyl (C=O) groups excluding carboxylic acids is 3. The molecule has 1 atom stereocenters. The summed E-state index contributed by atoms with van der Waals surface area (Å²) in [6.45, 7) is 29.4. The van der Waals surface area contributed by atoms with Crippen molar-refractivity contribution in [3.63, 3.8) is 0 Å². The molecule has 2 aromatic carbocycles. The molecule has 3 saturated carbocycles. The summed E-state index contributed by atoms with van der Waals surface area (Å²) in [5, 5.41) is 19.6. The highest BCUT2D eigenvalue weighted by Crippen LogP contribution is 2.59. The number of carbonyl (C=O) groups is 3. The summed E-state index contributed by atoms with van der Waals surface area (Å²) in [7, 11) is -3.83. The number of aliphatic hydroxyl groups excluding tert-OH is 1. The van der Waals surface area contributed by atoms with Gasteiger partial charge in [-0.25, -0.2) is 8.42 Å². The largest absolute Gasteiger partial charge is 0.493 e. The van der Waals surface area contributed by atoms with E-state index in [9.17, 15) is 27.9 Å². The molecular weight excluding hydrogens is 1020 g/mol. The van der Waals surface area contributed by atoms with Crippen LogP contribution < -0.4 is 20.7 Å². The maximum Gasteiger partial charge on any atom is 0.253 e. The molecule has 1 spiro atoms. The maximum atomic E-state index is 14.7. The minimum absolute atomic E-state index is 0.0544. The molecule has 1 saturated heterocycles. The zero-order valence-electron chi connectivity index (χ0n) is 49.8. The number of benzene rings is 2.